The summed E-state index contributed by atoms with van der Waals surface area (Å²) < 4.78 is 5.85. The van der Waals surface area contributed by atoms with Crippen molar-refractivity contribution in [3.8, 4) is 5.75 Å². The van der Waals surface area contributed by atoms with Crippen molar-refractivity contribution in [1.82, 2.24) is 4.90 Å². The molecule has 2 rings (SSSR count). The maximum Gasteiger partial charge on any atom is 0.119 e. The molecular formula is C17H28N2O. The van der Waals surface area contributed by atoms with Gasteiger partial charge in [-0.1, -0.05) is 31.0 Å². The second-order valence-corrected chi connectivity index (χ2v) is 5.78. The number of ether oxygens (including phenoxy) is 1. The van der Waals surface area contributed by atoms with E-state index in [-0.39, 0.29) is 0 Å². The summed E-state index contributed by atoms with van der Waals surface area (Å²) in [5.74, 6) is 1.64. The Morgan fingerprint density at radius 3 is 2.65 bits per heavy atom. The molecule has 3 nitrogen and oxygen atoms in total. The van der Waals surface area contributed by atoms with Crippen molar-refractivity contribution in [3.63, 3.8) is 0 Å². The first-order valence-corrected chi connectivity index (χ1v) is 7.88. The molecule has 1 aromatic rings. The molecule has 0 aliphatic heterocycles. The summed E-state index contributed by atoms with van der Waals surface area (Å²) in [6.07, 6.45) is 3.90. The van der Waals surface area contributed by atoms with Crippen LogP contribution in [-0.4, -0.2) is 37.2 Å². The zero-order valence-electron chi connectivity index (χ0n) is 12.8. The Balaban J connectivity index is 1.80. The first-order chi connectivity index (χ1) is 9.74. The molecule has 1 aromatic carbocycles. The Kier molecular flexibility index (Phi) is 5.86. The zero-order chi connectivity index (χ0) is 14.4. The molecule has 0 amide bonds. The van der Waals surface area contributed by atoms with Crippen molar-refractivity contribution < 1.29 is 4.74 Å². The minimum atomic E-state index is 0.659. The predicted octanol–water partition coefficient (Wildman–Crippen LogP) is 2.82. The molecule has 20 heavy (non-hydrogen) atoms. The standard InChI is InChI=1S/C17H28N2O/c1-3-19(17-6-4-5-15(17)13-18)11-12-20-16-9-7-14(2)8-10-16/h7-10,15,17H,3-6,11-13,18H2,1-2H3. The summed E-state index contributed by atoms with van der Waals surface area (Å²) in [6, 6.07) is 8.93. The molecule has 0 aromatic heterocycles. The topological polar surface area (TPSA) is 38.5 Å². The van der Waals surface area contributed by atoms with E-state index in [9.17, 15) is 0 Å². The first-order valence-electron chi connectivity index (χ1n) is 7.88. The summed E-state index contributed by atoms with van der Waals surface area (Å²) in [6.45, 7) is 7.97. The van der Waals surface area contributed by atoms with Crippen LogP contribution in [0.2, 0.25) is 0 Å². The van der Waals surface area contributed by atoms with Gasteiger partial charge in [-0.25, -0.2) is 0 Å². The molecule has 112 valence electrons. The Labute approximate surface area is 123 Å². The number of rotatable bonds is 7. The van der Waals surface area contributed by atoms with Crippen molar-refractivity contribution in [1.29, 1.82) is 0 Å². The van der Waals surface area contributed by atoms with Gasteiger partial charge in [0.05, 0.1) is 0 Å². The number of aryl methyl sites for hydroxylation is 1. The summed E-state index contributed by atoms with van der Waals surface area (Å²) >= 11 is 0. The lowest BCUT2D eigenvalue weighted by Crippen LogP contribution is -2.42. The molecule has 0 radical (unpaired) electrons. The lowest BCUT2D eigenvalue weighted by molar-refractivity contribution is 0.141. The predicted molar refractivity (Wildman–Crippen MR) is 84.1 cm³/mol. The van der Waals surface area contributed by atoms with Crippen LogP contribution in [0.5, 0.6) is 5.75 Å². The zero-order valence-corrected chi connectivity index (χ0v) is 12.8. The van der Waals surface area contributed by atoms with E-state index in [2.05, 4.69) is 30.9 Å². The molecule has 0 heterocycles. The number of nitrogens with zero attached hydrogens (tertiary/aromatic N) is 1. The quantitative estimate of drug-likeness (QED) is 0.832. The molecule has 1 fully saturated rings. The SMILES string of the molecule is CCN(CCOc1ccc(C)cc1)C1CCCC1CN. The number of likely N-dealkylation sites (N-methyl/N-ethyl adjacent to an activating group) is 1. The van der Waals surface area contributed by atoms with Crippen molar-refractivity contribution >= 4 is 0 Å². The number of benzene rings is 1. The van der Waals surface area contributed by atoms with E-state index in [4.69, 9.17) is 10.5 Å². The van der Waals surface area contributed by atoms with E-state index < -0.39 is 0 Å². The summed E-state index contributed by atoms with van der Waals surface area (Å²) in [7, 11) is 0. The van der Waals surface area contributed by atoms with Crippen LogP contribution in [0.4, 0.5) is 0 Å². The van der Waals surface area contributed by atoms with Gasteiger partial charge in [0.2, 0.25) is 0 Å². The van der Waals surface area contributed by atoms with Gasteiger partial charge in [0, 0.05) is 12.6 Å². The van der Waals surface area contributed by atoms with Gasteiger partial charge >= 0.3 is 0 Å². The molecule has 1 aliphatic rings. The van der Waals surface area contributed by atoms with Crippen LogP contribution < -0.4 is 10.5 Å². The minimum Gasteiger partial charge on any atom is -0.492 e. The van der Waals surface area contributed by atoms with Gasteiger partial charge in [-0.2, -0.15) is 0 Å². The van der Waals surface area contributed by atoms with Gasteiger partial charge in [0.15, 0.2) is 0 Å². The van der Waals surface area contributed by atoms with Gasteiger partial charge in [-0.15, -0.1) is 0 Å². The van der Waals surface area contributed by atoms with Gasteiger partial charge in [-0.05, 0) is 50.9 Å². The third-order valence-corrected chi connectivity index (χ3v) is 4.47. The Hall–Kier alpha value is -1.06. The third kappa shape index (κ3) is 3.97. The van der Waals surface area contributed by atoms with E-state index in [0.29, 0.717) is 12.0 Å². The molecule has 2 atom stereocenters. The highest BCUT2D eigenvalue weighted by Gasteiger charge is 2.30. The Morgan fingerprint density at radius 2 is 2.00 bits per heavy atom. The van der Waals surface area contributed by atoms with Crippen molar-refractivity contribution in [2.75, 3.05) is 26.2 Å². The number of nitrogens with two attached hydrogens (primary N) is 1. The van der Waals surface area contributed by atoms with Crippen LogP contribution in [-0.2, 0) is 0 Å². The van der Waals surface area contributed by atoms with E-state index in [0.717, 1.165) is 32.0 Å². The van der Waals surface area contributed by atoms with Crippen LogP contribution in [0.1, 0.15) is 31.7 Å². The minimum absolute atomic E-state index is 0.659. The second-order valence-electron chi connectivity index (χ2n) is 5.78. The van der Waals surface area contributed by atoms with Crippen LogP contribution in [0.15, 0.2) is 24.3 Å². The molecular weight excluding hydrogens is 248 g/mol. The summed E-state index contributed by atoms with van der Waals surface area (Å²) in [4.78, 5) is 2.54. The largest absolute Gasteiger partial charge is 0.492 e. The smallest absolute Gasteiger partial charge is 0.119 e. The molecule has 0 saturated heterocycles. The number of hydrogen-bond donors (Lipinski definition) is 1. The fourth-order valence-corrected chi connectivity index (χ4v) is 3.25. The van der Waals surface area contributed by atoms with E-state index in [1.807, 2.05) is 12.1 Å². The van der Waals surface area contributed by atoms with Crippen LogP contribution in [0, 0.1) is 12.8 Å². The highest BCUT2D eigenvalue weighted by molar-refractivity contribution is 5.26. The van der Waals surface area contributed by atoms with Gasteiger partial charge in [0.1, 0.15) is 12.4 Å². The Morgan fingerprint density at radius 1 is 1.25 bits per heavy atom. The van der Waals surface area contributed by atoms with Crippen molar-refractivity contribution in [2.45, 2.75) is 39.2 Å². The maximum absolute atomic E-state index is 5.89. The number of hydrogen-bond acceptors (Lipinski definition) is 3. The molecule has 1 aliphatic carbocycles. The molecule has 0 spiro atoms. The third-order valence-electron chi connectivity index (χ3n) is 4.47. The fourth-order valence-electron chi connectivity index (χ4n) is 3.25. The van der Waals surface area contributed by atoms with Gasteiger partial charge < -0.3 is 10.5 Å². The molecule has 2 unspecified atom stereocenters. The lowest BCUT2D eigenvalue weighted by atomic mass is 10.0. The maximum atomic E-state index is 5.89. The summed E-state index contributed by atoms with van der Waals surface area (Å²) in [5, 5.41) is 0. The molecule has 0 bridgehead atoms. The van der Waals surface area contributed by atoms with E-state index in [1.165, 1.54) is 24.8 Å². The van der Waals surface area contributed by atoms with Crippen molar-refractivity contribution in [3.05, 3.63) is 29.8 Å². The second kappa shape index (κ2) is 7.65. The molecule has 2 N–H and O–H groups in total. The Bertz CT molecular complexity index is 390. The molecule has 3 heteroatoms. The van der Waals surface area contributed by atoms with E-state index >= 15 is 0 Å². The van der Waals surface area contributed by atoms with E-state index in [1.54, 1.807) is 0 Å². The van der Waals surface area contributed by atoms with Gasteiger partial charge in [0.25, 0.3) is 0 Å². The lowest BCUT2D eigenvalue weighted by Gasteiger charge is -2.31. The van der Waals surface area contributed by atoms with Crippen LogP contribution in [0.25, 0.3) is 0 Å². The first kappa shape index (κ1) is 15.3. The fraction of sp³-hybridized carbons (Fsp3) is 0.647. The highest BCUT2D eigenvalue weighted by Crippen LogP contribution is 2.29. The summed E-state index contributed by atoms with van der Waals surface area (Å²) in [5.41, 5.74) is 7.16. The average molecular weight is 276 g/mol. The average Bonchev–Trinajstić information content (AvgIpc) is 2.94. The highest BCUT2D eigenvalue weighted by atomic mass is 16.5. The van der Waals surface area contributed by atoms with Crippen LogP contribution >= 0.6 is 0 Å². The van der Waals surface area contributed by atoms with Crippen LogP contribution in [0.3, 0.4) is 0 Å². The van der Waals surface area contributed by atoms with Crippen molar-refractivity contribution in [2.24, 2.45) is 11.7 Å². The molecule has 1 saturated carbocycles. The van der Waals surface area contributed by atoms with Gasteiger partial charge in [-0.3, -0.25) is 4.90 Å². The monoisotopic (exact) mass is 276 g/mol. The normalized spacial score (nSPS) is 22.4.